The Morgan fingerprint density at radius 2 is 1.33 bits per heavy atom. The normalized spacial score (nSPS) is 13.9. The van der Waals surface area contributed by atoms with Crippen molar-refractivity contribution in [3.63, 3.8) is 0 Å². The molecule has 144 valence electrons. The van der Waals surface area contributed by atoms with Crippen LogP contribution < -0.4 is 0 Å². The zero-order chi connectivity index (χ0) is 20.3. The van der Waals surface area contributed by atoms with Crippen LogP contribution in [0.25, 0.3) is 39.2 Å². The highest BCUT2D eigenvalue weighted by Gasteiger charge is 2.33. The van der Waals surface area contributed by atoms with Crippen LogP contribution in [0.5, 0.6) is 0 Å². The second-order valence-electron chi connectivity index (χ2n) is 7.31. The van der Waals surface area contributed by atoms with E-state index in [1.54, 1.807) is 18.2 Å². The lowest BCUT2D eigenvalue weighted by Gasteiger charge is -2.21. The average molecular weight is 408 g/mol. The van der Waals surface area contributed by atoms with Gasteiger partial charge in [-0.1, -0.05) is 72.8 Å². The fraction of sp³-hybridized carbons (Fsp3) is 0. The summed E-state index contributed by atoms with van der Waals surface area (Å²) in [5.41, 5.74) is 4.74. The van der Waals surface area contributed by atoms with E-state index in [-0.39, 0.29) is 0 Å². The third-order valence-electron chi connectivity index (χ3n) is 5.56. The maximum absolute atomic E-state index is 13.6. The molecule has 2 heterocycles. The van der Waals surface area contributed by atoms with Crippen LogP contribution in [0, 0.1) is 0 Å². The lowest BCUT2D eigenvalue weighted by molar-refractivity contribution is 0.594. The first-order chi connectivity index (χ1) is 14.6. The van der Waals surface area contributed by atoms with Crippen LogP contribution in [0.15, 0.2) is 107 Å². The van der Waals surface area contributed by atoms with Crippen molar-refractivity contribution >= 4 is 20.9 Å². The molecule has 4 aromatic carbocycles. The number of sulfone groups is 1. The average Bonchev–Trinajstić information content (AvgIpc) is 3.19. The Morgan fingerprint density at radius 1 is 0.633 bits per heavy atom. The fourth-order valence-electron chi connectivity index (χ4n) is 4.17. The van der Waals surface area contributed by atoms with E-state index in [2.05, 4.69) is 0 Å². The van der Waals surface area contributed by atoms with Gasteiger partial charge in [-0.25, -0.2) is 13.4 Å². The molecule has 0 saturated carbocycles. The highest BCUT2D eigenvalue weighted by molar-refractivity contribution is 7.92. The summed E-state index contributed by atoms with van der Waals surface area (Å²) in [6.45, 7) is 0. The molecule has 30 heavy (non-hydrogen) atoms. The van der Waals surface area contributed by atoms with Crippen LogP contribution in [0.2, 0.25) is 0 Å². The molecule has 0 bridgehead atoms. The fourth-order valence-corrected chi connectivity index (χ4v) is 5.83. The number of imidazole rings is 1. The molecule has 0 spiro atoms. The van der Waals surface area contributed by atoms with Crippen LogP contribution in [0.4, 0.5) is 0 Å². The van der Waals surface area contributed by atoms with Gasteiger partial charge < -0.3 is 0 Å². The number of hydrogen-bond acceptors (Lipinski definition) is 3. The first kappa shape index (κ1) is 17.2. The van der Waals surface area contributed by atoms with Crippen molar-refractivity contribution in [1.29, 1.82) is 0 Å². The first-order valence-corrected chi connectivity index (χ1v) is 11.1. The van der Waals surface area contributed by atoms with Crippen molar-refractivity contribution in [2.24, 2.45) is 0 Å². The number of rotatable bonds is 2. The van der Waals surface area contributed by atoms with Gasteiger partial charge in [0, 0.05) is 5.56 Å². The molecular weight excluding hydrogens is 392 g/mol. The Labute approximate surface area is 174 Å². The van der Waals surface area contributed by atoms with Crippen molar-refractivity contribution in [2.45, 2.75) is 9.79 Å². The van der Waals surface area contributed by atoms with Gasteiger partial charge in [0.1, 0.15) is 5.82 Å². The van der Waals surface area contributed by atoms with Gasteiger partial charge in [0.2, 0.25) is 9.84 Å². The van der Waals surface area contributed by atoms with Crippen LogP contribution in [0.3, 0.4) is 0 Å². The van der Waals surface area contributed by atoms with Crippen molar-refractivity contribution < 1.29 is 8.42 Å². The number of fused-ring (bicyclic) bond motifs is 2. The Kier molecular flexibility index (Phi) is 3.52. The smallest absolute Gasteiger partial charge is 0.210 e. The first-order valence-electron chi connectivity index (χ1n) is 9.66. The molecule has 0 radical (unpaired) electrons. The molecule has 6 rings (SSSR count). The van der Waals surface area contributed by atoms with E-state index in [1.807, 2.05) is 83.4 Å². The summed E-state index contributed by atoms with van der Waals surface area (Å²) >= 11 is 0. The predicted molar refractivity (Wildman–Crippen MR) is 117 cm³/mol. The van der Waals surface area contributed by atoms with Gasteiger partial charge in [0.15, 0.2) is 0 Å². The van der Waals surface area contributed by atoms with Gasteiger partial charge in [-0.2, -0.15) is 0 Å². The minimum atomic E-state index is -3.67. The molecule has 0 N–H and O–H groups in total. The van der Waals surface area contributed by atoms with Crippen LogP contribution >= 0.6 is 0 Å². The minimum absolute atomic E-state index is 0.299. The predicted octanol–water partition coefficient (Wildman–Crippen LogP) is 5.51. The largest absolute Gasteiger partial charge is 0.290 e. The van der Waals surface area contributed by atoms with Crippen molar-refractivity contribution in [1.82, 2.24) is 9.55 Å². The van der Waals surface area contributed by atoms with Crippen molar-refractivity contribution in [3.8, 4) is 28.2 Å². The van der Waals surface area contributed by atoms with E-state index >= 15 is 0 Å². The lowest BCUT2D eigenvalue weighted by Crippen LogP contribution is -2.15. The number of aromatic nitrogens is 2. The molecule has 0 saturated heterocycles. The Balaban J connectivity index is 1.72. The standard InChI is InChI=1S/C25H16N2O2S/c28-30(29)22-13-7-12-20-24(22)27(25(26-20)18-10-5-2-6-11-18)21-15-14-19(16-23(21)30)17-8-3-1-4-9-17/h1-16H. The van der Waals surface area contributed by atoms with E-state index in [9.17, 15) is 8.42 Å². The molecule has 1 aliphatic rings. The number of para-hydroxylation sites is 1. The van der Waals surface area contributed by atoms with Crippen LogP contribution in [-0.4, -0.2) is 18.0 Å². The van der Waals surface area contributed by atoms with E-state index < -0.39 is 9.84 Å². The molecule has 5 aromatic rings. The molecule has 0 atom stereocenters. The summed E-state index contributed by atoms with van der Waals surface area (Å²) in [4.78, 5) is 5.40. The monoisotopic (exact) mass is 408 g/mol. The summed E-state index contributed by atoms with van der Waals surface area (Å²) in [5.74, 6) is 0.738. The zero-order valence-corrected chi connectivity index (χ0v) is 16.7. The topological polar surface area (TPSA) is 52.0 Å². The Morgan fingerprint density at radius 3 is 2.07 bits per heavy atom. The third-order valence-corrected chi connectivity index (χ3v) is 7.37. The number of benzene rings is 4. The number of nitrogens with zero attached hydrogens (tertiary/aromatic N) is 2. The zero-order valence-electron chi connectivity index (χ0n) is 15.9. The minimum Gasteiger partial charge on any atom is -0.290 e. The van der Waals surface area contributed by atoms with E-state index in [0.29, 0.717) is 26.5 Å². The molecule has 0 amide bonds. The highest BCUT2D eigenvalue weighted by Crippen LogP contribution is 2.42. The van der Waals surface area contributed by atoms with E-state index in [0.717, 1.165) is 22.5 Å². The summed E-state index contributed by atoms with van der Waals surface area (Å²) in [6.07, 6.45) is 0. The third kappa shape index (κ3) is 2.33. The van der Waals surface area contributed by atoms with Gasteiger partial charge in [-0.05, 0) is 35.4 Å². The van der Waals surface area contributed by atoms with Gasteiger partial charge in [0.25, 0.3) is 0 Å². The maximum atomic E-state index is 13.6. The SMILES string of the molecule is O=S1(=O)c2cc(-c3ccccc3)ccc2-n2c(-c3ccccc3)nc3cccc1c32. The molecule has 1 aliphatic heterocycles. The molecule has 4 nitrogen and oxygen atoms in total. The lowest BCUT2D eigenvalue weighted by atomic mass is 10.1. The van der Waals surface area contributed by atoms with Crippen LogP contribution in [0.1, 0.15) is 0 Å². The number of hydrogen-bond donors (Lipinski definition) is 0. The summed E-state index contributed by atoms with van der Waals surface area (Å²) in [7, 11) is -3.67. The quantitative estimate of drug-likeness (QED) is 0.380. The summed E-state index contributed by atoms with van der Waals surface area (Å²) < 4.78 is 29.1. The molecule has 5 heteroatoms. The molecule has 0 aliphatic carbocycles. The van der Waals surface area contributed by atoms with Crippen molar-refractivity contribution in [3.05, 3.63) is 97.1 Å². The van der Waals surface area contributed by atoms with E-state index in [1.165, 1.54) is 0 Å². The second kappa shape index (κ2) is 6.15. The molecule has 0 unspecified atom stereocenters. The summed E-state index contributed by atoms with van der Waals surface area (Å²) in [6, 6.07) is 30.6. The second-order valence-corrected chi connectivity index (χ2v) is 9.20. The Bertz CT molecular complexity index is 1540. The van der Waals surface area contributed by atoms with Gasteiger partial charge >= 0.3 is 0 Å². The molecule has 0 fully saturated rings. The van der Waals surface area contributed by atoms with Gasteiger partial charge in [0.05, 0.1) is 26.5 Å². The van der Waals surface area contributed by atoms with E-state index in [4.69, 9.17) is 4.98 Å². The molecule has 1 aromatic heterocycles. The molecular formula is C25H16N2O2S. The maximum Gasteiger partial charge on any atom is 0.210 e. The Hall–Kier alpha value is -3.70. The highest BCUT2D eigenvalue weighted by atomic mass is 32.2. The van der Waals surface area contributed by atoms with Crippen LogP contribution in [-0.2, 0) is 9.84 Å². The summed E-state index contributed by atoms with van der Waals surface area (Å²) in [5, 5.41) is 0. The van der Waals surface area contributed by atoms with Crippen molar-refractivity contribution in [2.75, 3.05) is 0 Å². The van der Waals surface area contributed by atoms with Gasteiger partial charge in [-0.3, -0.25) is 4.57 Å². The van der Waals surface area contributed by atoms with Gasteiger partial charge in [-0.15, -0.1) is 0 Å².